The van der Waals surface area contributed by atoms with Crippen molar-refractivity contribution < 1.29 is 13.2 Å². The van der Waals surface area contributed by atoms with Crippen molar-refractivity contribution in [3.63, 3.8) is 0 Å². The van der Waals surface area contributed by atoms with Crippen LogP contribution < -0.4 is 0 Å². The van der Waals surface area contributed by atoms with E-state index in [4.69, 9.17) is 15.4 Å². The molecule has 5 heteroatoms. The largest absolute Gasteiger partial charge is 0.381 e. The Labute approximate surface area is 126 Å². The van der Waals surface area contributed by atoms with Crippen molar-refractivity contribution in [1.29, 1.82) is 0 Å². The molecule has 0 aliphatic heterocycles. The molecule has 1 atom stereocenters. The number of ether oxygens (including phenoxy) is 1. The number of hydrogen-bond acceptors (Lipinski definition) is 3. The Morgan fingerprint density at radius 3 is 2.30 bits per heavy atom. The topological polar surface area (TPSA) is 43.4 Å². The molecule has 1 unspecified atom stereocenters. The molecule has 0 heterocycles. The van der Waals surface area contributed by atoms with Gasteiger partial charge in [-0.15, -0.1) is 0 Å². The molecule has 0 saturated heterocycles. The fourth-order valence-corrected chi connectivity index (χ4v) is 3.04. The minimum Gasteiger partial charge on any atom is -0.381 e. The van der Waals surface area contributed by atoms with Crippen LogP contribution in [0.4, 0.5) is 0 Å². The Hall–Kier alpha value is -0.580. The van der Waals surface area contributed by atoms with Crippen LogP contribution in [0.5, 0.6) is 0 Å². The number of halogens is 1. The zero-order valence-electron chi connectivity index (χ0n) is 12.3. The normalized spacial score (nSPS) is 14.2. The molecule has 0 bridgehead atoms. The lowest BCUT2D eigenvalue weighted by molar-refractivity contribution is 0.0999. The van der Waals surface area contributed by atoms with E-state index < -0.39 is 9.05 Å². The molecule has 0 saturated carbocycles. The van der Waals surface area contributed by atoms with Crippen molar-refractivity contribution in [1.82, 2.24) is 0 Å². The summed E-state index contributed by atoms with van der Waals surface area (Å²) < 4.78 is 28.3. The summed E-state index contributed by atoms with van der Waals surface area (Å²) in [6.07, 6.45) is 0.933. The molecule has 0 fully saturated rings. The van der Waals surface area contributed by atoms with E-state index in [0.29, 0.717) is 13.2 Å². The molecule has 0 aliphatic rings. The average molecular weight is 319 g/mol. The predicted octanol–water partition coefficient (Wildman–Crippen LogP) is 3.79. The van der Waals surface area contributed by atoms with Crippen molar-refractivity contribution in [3.05, 3.63) is 35.9 Å². The maximum Gasteiger partial charge on any atom is 0.233 e. The van der Waals surface area contributed by atoms with Gasteiger partial charge in [-0.25, -0.2) is 8.42 Å². The molecule has 0 spiro atoms. The second-order valence-electron chi connectivity index (χ2n) is 6.20. The molecule has 1 rings (SSSR count). The third-order valence-corrected chi connectivity index (χ3v) is 4.17. The Kier molecular flexibility index (Phi) is 6.49. The van der Waals surface area contributed by atoms with E-state index in [0.717, 1.165) is 12.0 Å². The van der Waals surface area contributed by atoms with E-state index in [1.54, 1.807) is 0 Å². The van der Waals surface area contributed by atoms with Gasteiger partial charge < -0.3 is 4.74 Å². The first-order valence-corrected chi connectivity index (χ1v) is 9.20. The van der Waals surface area contributed by atoms with Crippen LogP contribution >= 0.6 is 10.7 Å². The lowest BCUT2D eigenvalue weighted by Gasteiger charge is -2.20. The summed E-state index contributed by atoms with van der Waals surface area (Å²) in [6.45, 7) is 7.43. The summed E-state index contributed by atoms with van der Waals surface area (Å²) in [7, 11) is 1.84. The minimum atomic E-state index is -3.54. The van der Waals surface area contributed by atoms with E-state index in [9.17, 15) is 8.42 Å². The summed E-state index contributed by atoms with van der Waals surface area (Å²) in [5, 5.41) is 0. The van der Waals surface area contributed by atoms with Crippen LogP contribution in [0, 0.1) is 5.41 Å². The van der Waals surface area contributed by atoms with Gasteiger partial charge in [0.05, 0.1) is 12.4 Å². The quantitative estimate of drug-likeness (QED) is 0.567. The zero-order chi connectivity index (χ0) is 15.2. The van der Waals surface area contributed by atoms with E-state index >= 15 is 0 Å². The Morgan fingerprint density at radius 1 is 1.20 bits per heavy atom. The van der Waals surface area contributed by atoms with E-state index in [-0.39, 0.29) is 17.1 Å². The minimum absolute atomic E-state index is 0.103. The number of benzene rings is 1. The lowest BCUT2D eigenvalue weighted by Crippen LogP contribution is -2.18. The van der Waals surface area contributed by atoms with Gasteiger partial charge in [0.15, 0.2) is 0 Å². The fraction of sp³-hybridized carbons (Fsp3) is 0.600. The lowest BCUT2D eigenvalue weighted by atomic mass is 9.93. The van der Waals surface area contributed by atoms with E-state index in [1.807, 2.05) is 30.3 Å². The van der Waals surface area contributed by atoms with Gasteiger partial charge in [0.25, 0.3) is 0 Å². The molecule has 114 valence electrons. The summed E-state index contributed by atoms with van der Waals surface area (Å²) in [4.78, 5) is 0. The maximum atomic E-state index is 11.3. The molecular weight excluding hydrogens is 296 g/mol. The predicted molar refractivity (Wildman–Crippen MR) is 83.7 cm³/mol. The highest BCUT2D eigenvalue weighted by Crippen LogP contribution is 2.22. The van der Waals surface area contributed by atoms with Crippen molar-refractivity contribution in [3.8, 4) is 0 Å². The van der Waals surface area contributed by atoms with Crippen LogP contribution in [-0.4, -0.2) is 27.4 Å². The van der Waals surface area contributed by atoms with Crippen molar-refractivity contribution >= 4 is 19.7 Å². The van der Waals surface area contributed by atoms with Crippen LogP contribution in [0.15, 0.2) is 30.3 Å². The first-order valence-electron chi connectivity index (χ1n) is 6.72. The second kappa shape index (κ2) is 7.43. The van der Waals surface area contributed by atoms with E-state index in [2.05, 4.69) is 20.8 Å². The van der Waals surface area contributed by atoms with Crippen LogP contribution in [0.2, 0.25) is 0 Å². The van der Waals surface area contributed by atoms with Gasteiger partial charge in [-0.05, 0) is 17.4 Å². The van der Waals surface area contributed by atoms with Crippen LogP contribution in [0.3, 0.4) is 0 Å². The summed E-state index contributed by atoms with van der Waals surface area (Å²) in [6, 6.07) is 9.48. The third kappa shape index (κ3) is 7.88. The highest BCUT2D eigenvalue weighted by Gasteiger charge is 2.19. The molecule has 3 nitrogen and oxygen atoms in total. The Balaban J connectivity index is 2.61. The van der Waals surface area contributed by atoms with Gasteiger partial charge in [-0.2, -0.15) is 0 Å². The van der Waals surface area contributed by atoms with Crippen LogP contribution in [-0.2, 0) is 13.8 Å². The molecule has 0 aliphatic carbocycles. The molecule has 0 radical (unpaired) electrons. The highest BCUT2D eigenvalue weighted by molar-refractivity contribution is 8.13. The molecule has 0 N–H and O–H groups in total. The smallest absolute Gasteiger partial charge is 0.233 e. The van der Waals surface area contributed by atoms with Gasteiger partial charge in [0.2, 0.25) is 9.05 Å². The molecule has 0 amide bonds. The second-order valence-corrected chi connectivity index (χ2v) is 9.02. The van der Waals surface area contributed by atoms with Gasteiger partial charge in [-0.1, -0.05) is 51.1 Å². The van der Waals surface area contributed by atoms with Crippen molar-refractivity contribution in [2.24, 2.45) is 5.41 Å². The highest BCUT2D eigenvalue weighted by atomic mass is 35.7. The van der Waals surface area contributed by atoms with Gasteiger partial charge >= 0.3 is 0 Å². The monoisotopic (exact) mass is 318 g/mol. The molecule has 1 aromatic rings. The van der Waals surface area contributed by atoms with Crippen LogP contribution in [0.1, 0.15) is 38.7 Å². The molecular formula is C15H23ClO3S. The molecule has 1 aromatic carbocycles. The van der Waals surface area contributed by atoms with E-state index in [1.165, 1.54) is 0 Å². The van der Waals surface area contributed by atoms with Crippen LogP contribution in [0.25, 0.3) is 0 Å². The fourth-order valence-electron chi connectivity index (χ4n) is 1.81. The molecule has 20 heavy (non-hydrogen) atoms. The Bertz CT molecular complexity index is 492. The SMILES string of the molecule is CC(C)(C)CCOCC(CS(=O)(=O)Cl)c1ccccc1. The first kappa shape index (κ1) is 17.5. The summed E-state index contributed by atoms with van der Waals surface area (Å²) >= 11 is 0. The first-order chi connectivity index (χ1) is 9.17. The summed E-state index contributed by atoms with van der Waals surface area (Å²) in [5.41, 5.74) is 1.15. The third-order valence-electron chi connectivity index (χ3n) is 2.99. The Morgan fingerprint density at radius 2 is 1.80 bits per heavy atom. The standard InChI is InChI=1S/C15H23ClO3S/c1-15(2,3)9-10-19-11-14(12-20(16,17)18)13-7-5-4-6-8-13/h4-8,14H,9-12H2,1-3H3. The molecule has 0 aromatic heterocycles. The van der Waals surface area contributed by atoms with Gasteiger partial charge in [0, 0.05) is 23.2 Å². The number of hydrogen-bond donors (Lipinski definition) is 0. The zero-order valence-corrected chi connectivity index (χ0v) is 13.9. The summed E-state index contributed by atoms with van der Waals surface area (Å²) in [5.74, 6) is -0.327. The van der Waals surface area contributed by atoms with Crippen molar-refractivity contribution in [2.45, 2.75) is 33.1 Å². The van der Waals surface area contributed by atoms with Gasteiger partial charge in [0.1, 0.15) is 0 Å². The number of rotatable bonds is 7. The van der Waals surface area contributed by atoms with Gasteiger partial charge in [-0.3, -0.25) is 0 Å². The maximum absolute atomic E-state index is 11.3. The average Bonchev–Trinajstić information content (AvgIpc) is 2.31. The van der Waals surface area contributed by atoms with Crippen molar-refractivity contribution in [2.75, 3.05) is 19.0 Å².